The van der Waals surface area contributed by atoms with E-state index in [1.807, 2.05) is 24.3 Å². The maximum absolute atomic E-state index is 13.2. The summed E-state index contributed by atoms with van der Waals surface area (Å²) in [5, 5.41) is 0.886. The van der Waals surface area contributed by atoms with E-state index < -0.39 is 0 Å². The highest BCUT2D eigenvalue weighted by Crippen LogP contribution is 2.45. The van der Waals surface area contributed by atoms with Crippen LogP contribution in [0.15, 0.2) is 30.3 Å². The summed E-state index contributed by atoms with van der Waals surface area (Å²) in [7, 11) is 1.58. The molecule has 0 saturated carbocycles. The number of aromatic amines is 1. The second-order valence-electron chi connectivity index (χ2n) is 6.77. The van der Waals surface area contributed by atoms with Gasteiger partial charge in [-0.05, 0) is 29.8 Å². The van der Waals surface area contributed by atoms with Crippen molar-refractivity contribution in [3.63, 3.8) is 0 Å². The Morgan fingerprint density at radius 1 is 1.12 bits per heavy atom. The van der Waals surface area contributed by atoms with Gasteiger partial charge >= 0.3 is 0 Å². The molecule has 1 aromatic heterocycles. The van der Waals surface area contributed by atoms with Crippen LogP contribution in [0, 0.1) is 0 Å². The van der Waals surface area contributed by atoms with E-state index >= 15 is 0 Å². The number of benzene rings is 2. The van der Waals surface area contributed by atoms with E-state index in [0.717, 1.165) is 22.2 Å². The number of ether oxygens (including phenoxy) is 1. The molecule has 5 heteroatoms. The number of hydrogen-bond acceptors (Lipinski definition) is 4. The zero-order chi connectivity index (χ0) is 17.2. The number of H-pyrrole nitrogens is 1. The van der Waals surface area contributed by atoms with Gasteiger partial charge in [0.25, 0.3) is 0 Å². The van der Waals surface area contributed by atoms with Gasteiger partial charge in [0.05, 0.1) is 18.4 Å². The molecule has 0 atom stereocenters. The zero-order valence-electron chi connectivity index (χ0n) is 13.9. The maximum atomic E-state index is 13.2. The molecule has 122 valence electrons. The highest BCUT2D eigenvalue weighted by molar-refractivity contribution is 6.20. The molecule has 5 N–H and O–H groups in total. The first kappa shape index (κ1) is 14.6. The fraction of sp³-hybridized carbons (Fsp3) is 0.211. The largest absolute Gasteiger partial charge is 0.495 e. The van der Waals surface area contributed by atoms with Gasteiger partial charge in [-0.25, -0.2) is 0 Å². The predicted molar refractivity (Wildman–Crippen MR) is 95.7 cm³/mol. The number of anilines is 2. The molecule has 0 spiro atoms. The fourth-order valence-electron chi connectivity index (χ4n) is 3.67. The lowest BCUT2D eigenvalue weighted by Crippen LogP contribution is -2.30. The van der Waals surface area contributed by atoms with Gasteiger partial charge in [-0.3, -0.25) is 4.79 Å². The van der Waals surface area contributed by atoms with Crippen molar-refractivity contribution < 1.29 is 9.53 Å². The Labute approximate surface area is 139 Å². The van der Waals surface area contributed by atoms with Crippen LogP contribution < -0.4 is 16.2 Å². The summed E-state index contributed by atoms with van der Waals surface area (Å²) in [6.45, 7) is 4.18. The first-order valence-electron chi connectivity index (χ1n) is 7.79. The van der Waals surface area contributed by atoms with Crippen LogP contribution in [-0.4, -0.2) is 17.9 Å². The molecule has 1 aliphatic carbocycles. The van der Waals surface area contributed by atoms with Crippen LogP contribution in [0.2, 0.25) is 0 Å². The smallest absolute Gasteiger partial charge is 0.195 e. The molecule has 0 bridgehead atoms. The van der Waals surface area contributed by atoms with Crippen LogP contribution in [0.1, 0.15) is 41.0 Å². The highest BCUT2D eigenvalue weighted by atomic mass is 16.5. The lowest BCUT2D eigenvalue weighted by molar-refractivity contribution is 0.103. The molecular weight excluding hydrogens is 302 g/mol. The van der Waals surface area contributed by atoms with Gasteiger partial charge in [-0.2, -0.15) is 0 Å². The molecule has 0 unspecified atom stereocenters. The third-order valence-electron chi connectivity index (χ3n) is 4.96. The highest BCUT2D eigenvalue weighted by Gasteiger charge is 2.40. The summed E-state index contributed by atoms with van der Waals surface area (Å²) >= 11 is 0. The Bertz CT molecular complexity index is 1020. The van der Waals surface area contributed by atoms with Crippen molar-refractivity contribution in [1.29, 1.82) is 0 Å². The van der Waals surface area contributed by atoms with Gasteiger partial charge in [0, 0.05) is 33.3 Å². The van der Waals surface area contributed by atoms with Gasteiger partial charge in [0.2, 0.25) is 0 Å². The second kappa shape index (κ2) is 4.54. The Morgan fingerprint density at radius 3 is 2.58 bits per heavy atom. The number of rotatable bonds is 1. The number of hydrogen-bond donors (Lipinski definition) is 3. The van der Waals surface area contributed by atoms with Crippen molar-refractivity contribution in [1.82, 2.24) is 4.98 Å². The van der Waals surface area contributed by atoms with Gasteiger partial charge in [0.15, 0.2) is 5.78 Å². The Kier molecular flexibility index (Phi) is 2.77. The number of carbonyl (C=O) groups is 1. The molecule has 0 amide bonds. The maximum Gasteiger partial charge on any atom is 0.195 e. The molecule has 2 aromatic carbocycles. The molecule has 0 saturated heterocycles. The van der Waals surface area contributed by atoms with E-state index in [1.165, 1.54) is 0 Å². The molecule has 1 aliphatic rings. The minimum atomic E-state index is -0.382. The van der Waals surface area contributed by atoms with Crippen LogP contribution in [0.25, 0.3) is 10.9 Å². The Morgan fingerprint density at radius 2 is 1.88 bits per heavy atom. The molecule has 24 heavy (non-hydrogen) atoms. The van der Waals surface area contributed by atoms with E-state index in [2.05, 4.69) is 18.8 Å². The monoisotopic (exact) mass is 321 g/mol. The van der Waals surface area contributed by atoms with Crippen molar-refractivity contribution in [3.8, 4) is 5.75 Å². The topological polar surface area (TPSA) is 94.1 Å². The standard InChI is InChI=1S/C19H19N3O2/c1-19(2)12-8-15(24-3)13(21)7-11(12)17(23)16-10-5-4-9(20)6-14(10)22-18(16)19/h4-8,22H,20-21H2,1-3H3. The van der Waals surface area contributed by atoms with Crippen LogP contribution in [0.3, 0.4) is 0 Å². The number of carbonyl (C=O) groups excluding carboxylic acids is 1. The summed E-state index contributed by atoms with van der Waals surface area (Å²) in [6, 6.07) is 9.15. The quantitative estimate of drug-likeness (QED) is 0.600. The van der Waals surface area contributed by atoms with E-state index in [4.69, 9.17) is 16.2 Å². The summed E-state index contributed by atoms with van der Waals surface area (Å²) in [5.41, 5.74) is 16.7. The molecular formula is C19H19N3O2. The number of nitrogens with two attached hydrogens (primary N) is 2. The van der Waals surface area contributed by atoms with E-state index in [1.54, 1.807) is 13.2 Å². The third-order valence-corrected chi connectivity index (χ3v) is 4.96. The SMILES string of the molecule is COc1cc2c(cc1N)C(=O)c1c([nH]c3cc(N)ccc13)C2(C)C. The third kappa shape index (κ3) is 1.72. The number of aromatic nitrogens is 1. The predicted octanol–water partition coefficient (Wildman–Crippen LogP) is 3.21. The van der Waals surface area contributed by atoms with Crippen molar-refractivity contribution in [2.45, 2.75) is 19.3 Å². The van der Waals surface area contributed by atoms with Crippen LogP contribution in [-0.2, 0) is 5.41 Å². The molecule has 0 radical (unpaired) electrons. The number of nitrogens with one attached hydrogen (secondary N) is 1. The van der Waals surface area contributed by atoms with Gasteiger partial charge in [-0.1, -0.05) is 19.9 Å². The average molecular weight is 321 g/mol. The first-order chi connectivity index (χ1) is 11.3. The van der Waals surface area contributed by atoms with Gasteiger partial charge in [-0.15, -0.1) is 0 Å². The normalized spacial score (nSPS) is 15.2. The Balaban J connectivity index is 2.08. The lowest BCUT2D eigenvalue weighted by Gasteiger charge is -2.32. The van der Waals surface area contributed by atoms with Crippen LogP contribution in [0.5, 0.6) is 5.75 Å². The molecule has 1 heterocycles. The Hall–Kier alpha value is -2.95. The molecule has 3 aromatic rings. The average Bonchev–Trinajstić information content (AvgIpc) is 2.92. The van der Waals surface area contributed by atoms with Crippen molar-refractivity contribution >= 4 is 28.1 Å². The van der Waals surface area contributed by atoms with E-state index in [0.29, 0.717) is 28.3 Å². The van der Waals surface area contributed by atoms with Crippen LogP contribution in [0.4, 0.5) is 11.4 Å². The second-order valence-corrected chi connectivity index (χ2v) is 6.77. The van der Waals surface area contributed by atoms with Crippen LogP contribution >= 0.6 is 0 Å². The van der Waals surface area contributed by atoms with E-state index in [-0.39, 0.29) is 11.2 Å². The van der Waals surface area contributed by atoms with Gasteiger partial charge < -0.3 is 21.2 Å². The number of fused-ring (bicyclic) bond motifs is 4. The van der Waals surface area contributed by atoms with Crippen molar-refractivity contribution in [2.75, 3.05) is 18.6 Å². The number of nitrogen functional groups attached to an aromatic ring is 2. The molecule has 0 fully saturated rings. The minimum Gasteiger partial charge on any atom is -0.495 e. The molecule has 5 nitrogen and oxygen atoms in total. The zero-order valence-corrected chi connectivity index (χ0v) is 13.9. The summed E-state index contributed by atoms with van der Waals surface area (Å²) in [6.07, 6.45) is 0. The lowest BCUT2D eigenvalue weighted by atomic mass is 9.71. The first-order valence-corrected chi connectivity index (χ1v) is 7.79. The number of methoxy groups -OCH3 is 1. The summed E-state index contributed by atoms with van der Waals surface area (Å²) in [5.74, 6) is 0.558. The van der Waals surface area contributed by atoms with Gasteiger partial charge in [0.1, 0.15) is 5.75 Å². The number of ketones is 1. The van der Waals surface area contributed by atoms with E-state index in [9.17, 15) is 4.79 Å². The fourth-order valence-corrected chi connectivity index (χ4v) is 3.67. The van der Waals surface area contributed by atoms with Crippen molar-refractivity contribution in [3.05, 3.63) is 52.7 Å². The summed E-state index contributed by atoms with van der Waals surface area (Å²) in [4.78, 5) is 16.6. The van der Waals surface area contributed by atoms with Crippen molar-refractivity contribution in [2.24, 2.45) is 0 Å². The molecule has 4 rings (SSSR count). The molecule has 0 aliphatic heterocycles. The minimum absolute atomic E-state index is 0.0234. The summed E-state index contributed by atoms with van der Waals surface area (Å²) < 4.78 is 5.34.